The van der Waals surface area contributed by atoms with Gasteiger partial charge in [0, 0.05) is 0 Å². The Kier molecular flexibility index (Phi) is 4.63. The first-order valence-electron chi connectivity index (χ1n) is 6.26. The van der Waals surface area contributed by atoms with Gasteiger partial charge in [-0.05, 0) is 51.8 Å². The zero-order chi connectivity index (χ0) is 13.8. The Bertz CT molecular complexity index is 490. The Morgan fingerprint density at radius 3 is 2.56 bits per heavy atom. The first-order valence-corrected chi connectivity index (χ1v) is 6.26. The smallest absolute Gasteiger partial charge is 0.0910 e. The minimum Gasteiger partial charge on any atom is -0.223 e. The highest BCUT2D eigenvalue weighted by Gasteiger charge is 2.19. The van der Waals surface area contributed by atoms with Crippen LogP contribution in [0.1, 0.15) is 45.7 Å². The number of benzene rings is 1. The third-order valence-corrected chi connectivity index (χ3v) is 2.71. The molecule has 0 aromatic heterocycles. The second-order valence-corrected chi connectivity index (χ2v) is 5.35. The summed E-state index contributed by atoms with van der Waals surface area (Å²) in [6, 6.07) is 11.3. The molecule has 18 heavy (non-hydrogen) atoms. The third-order valence-electron chi connectivity index (χ3n) is 2.71. The van der Waals surface area contributed by atoms with Crippen LogP contribution in [0.3, 0.4) is 0 Å². The number of hydrogen-bond donors (Lipinski definition) is 0. The highest BCUT2D eigenvalue weighted by molar-refractivity contribution is 5.62. The van der Waals surface area contributed by atoms with E-state index in [9.17, 15) is 0 Å². The van der Waals surface area contributed by atoms with Gasteiger partial charge in [-0.25, -0.2) is 9.98 Å². The molecule has 0 saturated heterocycles. The SMILES string of the molecule is C=C(C)c1cccc(C(C)(C)N=C=NC(C)C)c1. The van der Waals surface area contributed by atoms with E-state index in [4.69, 9.17) is 0 Å². The lowest BCUT2D eigenvalue weighted by atomic mass is 9.92. The van der Waals surface area contributed by atoms with E-state index in [1.807, 2.05) is 26.8 Å². The fourth-order valence-electron chi connectivity index (χ4n) is 1.50. The van der Waals surface area contributed by atoms with Crippen LogP contribution in [0.4, 0.5) is 0 Å². The van der Waals surface area contributed by atoms with Crippen molar-refractivity contribution in [2.45, 2.75) is 46.2 Å². The van der Waals surface area contributed by atoms with Gasteiger partial charge in [0.25, 0.3) is 0 Å². The molecule has 0 aliphatic heterocycles. The Labute approximate surface area is 110 Å². The summed E-state index contributed by atoms with van der Waals surface area (Å²) in [5.74, 6) is 0. The largest absolute Gasteiger partial charge is 0.223 e. The molecule has 2 heteroatoms. The lowest BCUT2D eigenvalue weighted by Gasteiger charge is -2.19. The van der Waals surface area contributed by atoms with Crippen molar-refractivity contribution < 1.29 is 0 Å². The van der Waals surface area contributed by atoms with Gasteiger partial charge in [0.1, 0.15) is 0 Å². The lowest BCUT2D eigenvalue weighted by molar-refractivity contribution is 0.560. The Morgan fingerprint density at radius 2 is 2.00 bits per heavy atom. The monoisotopic (exact) mass is 242 g/mol. The predicted octanol–water partition coefficient (Wildman–Crippen LogP) is 4.54. The van der Waals surface area contributed by atoms with Crippen molar-refractivity contribution in [2.24, 2.45) is 9.98 Å². The molecule has 0 radical (unpaired) electrons. The molecule has 0 fully saturated rings. The summed E-state index contributed by atoms with van der Waals surface area (Å²) in [4.78, 5) is 8.58. The molecule has 0 aliphatic carbocycles. The highest BCUT2D eigenvalue weighted by atomic mass is 14.9. The molecule has 0 unspecified atom stereocenters. The van der Waals surface area contributed by atoms with Crippen LogP contribution in [0.2, 0.25) is 0 Å². The predicted molar refractivity (Wildman–Crippen MR) is 79.2 cm³/mol. The maximum absolute atomic E-state index is 4.42. The summed E-state index contributed by atoms with van der Waals surface area (Å²) < 4.78 is 0. The average Bonchev–Trinajstić information content (AvgIpc) is 2.28. The fourth-order valence-corrected chi connectivity index (χ4v) is 1.50. The van der Waals surface area contributed by atoms with Crippen LogP contribution in [0.5, 0.6) is 0 Å². The molecule has 1 rings (SSSR count). The topological polar surface area (TPSA) is 24.7 Å². The van der Waals surface area contributed by atoms with Gasteiger partial charge in [-0.2, -0.15) is 0 Å². The van der Waals surface area contributed by atoms with Crippen molar-refractivity contribution >= 4 is 11.6 Å². The van der Waals surface area contributed by atoms with Crippen molar-refractivity contribution in [1.29, 1.82) is 0 Å². The van der Waals surface area contributed by atoms with Gasteiger partial charge in [-0.3, -0.25) is 0 Å². The summed E-state index contributed by atoms with van der Waals surface area (Å²) in [5.41, 5.74) is 3.04. The molecule has 0 heterocycles. The molecule has 0 atom stereocenters. The molecule has 0 amide bonds. The zero-order valence-corrected chi connectivity index (χ0v) is 12.0. The van der Waals surface area contributed by atoms with Crippen molar-refractivity contribution in [2.75, 3.05) is 0 Å². The lowest BCUT2D eigenvalue weighted by Crippen LogP contribution is -2.13. The summed E-state index contributed by atoms with van der Waals surface area (Å²) in [7, 11) is 0. The molecule has 0 N–H and O–H groups in total. The summed E-state index contributed by atoms with van der Waals surface area (Å²) in [6.45, 7) is 14.1. The second-order valence-electron chi connectivity index (χ2n) is 5.35. The molecular weight excluding hydrogens is 220 g/mol. The summed E-state index contributed by atoms with van der Waals surface area (Å²) in [5, 5.41) is 0. The van der Waals surface area contributed by atoms with Crippen LogP contribution in [0, 0.1) is 0 Å². The van der Waals surface area contributed by atoms with Gasteiger partial charge >= 0.3 is 0 Å². The first kappa shape index (κ1) is 14.4. The maximum Gasteiger partial charge on any atom is 0.0910 e. The summed E-state index contributed by atoms with van der Waals surface area (Å²) >= 11 is 0. The number of hydrogen-bond acceptors (Lipinski definition) is 2. The third kappa shape index (κ3) is 3.97. The van der Waals surface area contributed by atoms with Crippen LogP contribution >= 0.6 is 0 Å². The normalized spacial score (nSPS) is 11.0. The van der Waals surface area contributed by atoms with Crippen LogP contribution in [-0.4, -0.2) is 12.1 Å². The molecule has 0 aliphatic rings. The van der Waals surface area contributed by atoms with Crippen molar-refractivity contribution in [1.82, 2.24) is 0 Å². The highest BCUT2D eigenvalue weighted by Crippen LogP contribution is 2.26. The Balaban J connectivity index is 3.08. The van der Waals surface area contributed by atoms with E-state index >= 15 is 0 Å². The number of allylic oxidation sites excluding steroid dienone is 1. The van der Waals surface area contributed by atoms with E-state index in [1.54, 1.807) is 0 Å². The van der Waals surface area contributed by atoms with Crippen LogP contribution in [-0.2, 0) is 5.54 Å². The van der Waals surface area contributed by atoms with E-state index < -0.39 is 0 Å². The molecule has 96 valence electrons. The van der Waals surface area contributed by atoms with Crippen molar-refractivity contribution in [3.05, 3.63) is 42.0 Å². The quantitative estimate of drug-likeness (QED) is 0.693. The molecule has 0 spiro atoms. The Morgan fingerprint density at radius 1 is 1.33 bits per heavy atom. The van der Waals surface area contributed by atoms with E-state index in [0.29, 0.717) is 0 Å². The zero-order valence-electron chi connectivity index (χ0n) is 12.0. The molecule has 0 saturated carbocycles. The number of nitrogens with zero attached hydrogens (tertiary/aromatic N) is 2. The van der Waals surface area contributed by atoms with Crippen molar-refractivity contribution in [3.8, 4) is 0 Å². The summed E-state index contributed by atoms with van der Waals surface area (Å²) in [6.07, 6.45) is 0. The van der Waals surface area contributed by atoms with E-state index in [2.05, 4.69) is 54.6 Å². The maximum atomic E-state index is 4.42. The van der Waals surface area contributed by atoms with Crippen molar-refractivity contribution in [3.63, 3.8) is 0 Å². The Hall–Kier alpha value is -1.66. The fraction of sp³-hybridized carbons (Fsp3) is 0.438. The minimum absolute atomic E-state index is 0.228. The standard InChI is InChI=1S/C16H22N2/c1-12(2)14-8-7-9-15(10-14)16(5,6)18-11-17-13(3)4/h7-10,13H,1H2,2-6H3. The van der Waals surface area contributed by atoms with E-state index in [1.165, 1.54) is 0 Å². The van der Waals surface area contributed by atoms with Crippen LogP contribution in [0.25, 0.3) is 5.57 Å². The van der Waals surface area contributed by atoms with Gasteiger partial charge < -0.3 is 0 Å². The van der Waals surface area contributed by atoms with E-state index in [-0.39, 0.29) is 11.6 Å². The van der Waals surface area contributed by atoms with Crippen LogP contribution in [0.15, 0.2) is 40.8 Å². The number of aliphatic imine (C=N–C) groups is 2. The molecule has 2 nitrogen and oxygen atoms in total. The van der Waals surface area contributed by atoms with Gasteiger partial charge in [0.2, 0.25) is 0 Å². The van der Waals surface area contributed by atoms with E-state index in [0.717, 1.165) is 16.7 Å². The van der Waals surface area contributed by atoms with Crippen LogP contribution < -0.4 is 0 Å². The van der Waals surface area contributed by atoms with Gasteiger partial charge in [0.15, 0.2) is 0 Å². The van der Waals surface area contributed by atoms with Gasteiger partial charge in [0.05, 0.1) is 17.6 Å². The average molecular weight is 242 g/mol. The number of rotatable bonds is 4. The molecule has 1 aromatic rings. The first-order chi connectivity index (χ1) is 8.33. The minimum atomic E-state index is -0.316. The van der Waals surface area contributed by atoms with Gasteiger partial charge in [-0.15, -0.1) is 0 Å². The molecule has 0 bridgehead atoms. The molecular formula is C16H22N2. The second kappa shape index (κ2) is 5.79. The van der Waals surface area contributed by atoms with Gasteiger partial charge in [-0.1, -0.05) is 30.4 Å². The molecule has 1 aromatic carbocycles.